The summed E-state index contributed by atoms with van der Waals surface area (Å²) in [6.45, 7) is 10.8. The number of hydrogen-bond acceptors (Lipinski definition) is 4. The van der Waals surface area contributed by atoms with Crippen LogP contribution in [0.2, 0.25) is 0 Å². The number of rotatable bonds is 6. The number of sulfonamides is 1. The summed E-state index contributed by atoms with van der Waals surface area (Å²) in [5.74, 6) is 0.924. The fourth-order valence-corrected chi connectivity index (χ4v) is 5.26. The van der Waals surface area contributed by atoms with Crippen LogP contribution in [0.5, 0.6) is 0 Å². The summed E-state index contributed by atoms with van der Waals surface area (Å²) in [5.41, 5.74) is 1.28. The number of nitrogens with one attached hydrogen (secondary N) is 1. The Morgan fingerprint density at radius 1 is 1.30 bits per heavy atom. The number of aliphatic imine (C=N–C) groups is 1. The first-order valence-electron chi connectivity index (χ1n) is 10.5. The number of benzene rings is 1. The quantitative estimate of drug-likeness (QED) is 0.335. The third kappa shape index (κ3) is 5.66. The molecule has 30 heavy (non-hydrogen) atoms. The Kier molecular flexibility index (Phi) is 8.96. The monoisotopic (exact) mass is 550 g/mol. The summed E-state index contributed by atoms with van der Waals surface area (Å²) < 4.78 is 32.2. The van der Waals surface area contributed by atoms with Crippen LogP contribution in [-0.2, 0) is 21.3 Å². The van der Waals surface area contributed by atoms with Crippen LogP contribution >= 0.6 is 24.0 Å². The molecule has 1 atom stereocenters. The number of nitrogens with zero attached hydrogens (tertiary/aromatic N) is 3. The maximum Gasteiger partial charge on any atom is 0.243 e. The molecule has 0 aliphatic carbocycles. The number of halogens is 1. The first-order chi connectivity index (χ1) is 13.8. The molecule has 1 aromatic carbocycles. The van der Waals surface area contributed by atoms with Crippen molar-refractivity contribution in [1.82, 2.24) is 14.5 Å². The van der Waals surface area contributed by atoms with Crippen molar-refractivity contribution in [3.05, 3.63) is 29.8 Å². The normalized spacial score (nSPS) is 22.2. The van der Waals surface area contributed by atoms with E-state index in [0.717, 1.165) is 57.2 Å². The molecule has 2 aliphatic heterocycles. The van der Waals surface area contributed by atoms with Gasteiger partial charge in [0.05, 0.1) is 18.0 Å². The molecule has 1 aromatic rings. The van der Waals surface area contributed by atoms with Crippen molar-refractivity contribution in [3.63, 3.8) is 0 Å². The Labute approximate surface area is 198 Å². The van der Waals surface area contributed by atoms with Crippen molar-refractivity contribution in [2.45, 2.75) is 51.1 Å². The van der Waals surface area contributed by atoms with Crippen LogP contribution in [0, 0.1) is 5.41 Å². The van der Waals surface area contributed by atoms with Gasteiger partial charge >= 0.3 is 0 Å². The zero-order chi connectivity index (χ0) is 21.1. The first kappa shape index (κ1) is 25.4. The van der Waals surface area contributed by atoms with Gasteiger partial charge in [0.2, 0.25) is 10.0 Å². The molecule has 0 bridgehead atoms. The molecule has 9 heteroatoms. The Balaban J connectivity index is 0.00000320. The highest BCUT2D eigenvalue weighted by Crippen LogP contribution is 2.38. The lowest BCUT2D eigenvalue weighted by atomic mass is 9.87. The van der Waals surface area contributed by atoms with E-state index in [1.165, 1.54) is 4.31 Å². The molecule has 2 aliphatic rings. The minimum absolute atomic E-state index is 0. The lowest BCUT2D eigenvalue weighted by Crippen LogP contribution is -2.41. The van der Waals surface area contributed by atoms with Crippen LogP contribution in [0.3, 0.4) is 0 Å². The van der Waals surface area contributed by atoms with Gasteiger partial charge < -0.3 is 15.0 Å². The van der Waals surface area contributed by atoms with Crippen molar-refractivity contribution in [2.75, 3.05) is 39.9 Å². The molecular weight excluding hydrogens is 515 g/mol. The van der Waals surface area contributed by atoms with Crippen LogP contribution in [0.1, 0.15) is 39.2 Å². The fraction of sp³-hybridized carbons (Fsp3) is 0.667. The van der Waals surface area contributed by atoms with E-state index in [0.29, 0.717) is 11.4 Å². The summed E-state index contributed by atoms with van der Waals surface area (Å²) in [6, 6.07) is 6.97. The van der Waals surface area contributed by atoms with Gasteiger partial charge in [0, 0.05) is 44.7 Å². The zero-order valence-corrected chi connectivity index (χ0v) is 21.6. The number of guanidine groups is 1. The highest BCUT2D eigenvalue weighted by atomic mass is 127. The van der Waals surface area contributed by atoms with Crippen LogP contribution in [0.15, 0.2) is 34.2 Å². The highest BCUT2D eigenvalue weighted by molar-refractivity contribution is 14.0. The maximum absolute atomic E-state index is 12.6. The van der Waals surface area contributed by atoms with Gasteiger partial charge in [-0.05, 0) is 51.3 Å². The molecule has 0 saturated carbocycles. The van der Waals surface area contributed by atoms with Gasteiger partial charge in [0.25, 0.3) is 0 Å². The van der Waals surface area contributed by atoms with Crippen LogP contribution in [0.4, 0.5) is 0 Å². The second-order valence-electron chi connectivity index (χ2n) is 8.40. The molecule has 0 radical (unpaired) electrons. The fourth-order valence-electron chi connectivity index (χ4n) is 3.89. The molecule has 1 spiro atoms. The molecule has 2 fully saturated rings. The van der Waals surface area contributed by atoms with Gasteiger partial charge in [-0.15, -0.1) is 24.0 Å². The van der Waals surface area contributed by atoms with Crippen molar-refractivity contribution in [3.8, 4) is 0 Å². The Morgan fingerprint density at radius 3 is 2.57 bits per heavy atom. The van der Waals surface area contributed by atoms with Crippen molar-refractivity contribution >= 4 is 40.0 Å². The summed E-state index contributed by atoms with van der Waals surface area (Å²) in [6.07, 6.45) is 2.27. The average Bonchev–Trinajstić information content (AvgIpc) is 3.34. The Hall–Kier alpha value is -0.910. The molecule has 0 aromatic heterocycles. The summed E-state index contributed by atoms with van der Waals surface area (Å²) in [4.78, 5) is 7.45. The van der Waals surface area contributed by atoms with Crippen molar-refractivity contribution in [1.29, 1.82) is 0 Å². The minimum Gasteiger partial charge on any atom is -0.381 e. The minimum atomic E-state index is -3.46. The third-order valence-electron chi connectivity index (χ3n) is 6.00. The van der Waals surface area contributed by atoms with E-state index in [1.54, 1.807) is 19.2 Å². The van der Waals surface area contributed by atoms with Gasteiger partial charge in [-0.25, -0.2) is 13.4 Å². The Bertz CT molecular complexity index is 821. The number of ether oxygens (including phenoxy) is 1. The van der Waals surface area contributed by atoms with Crippen molar-refractivity contribution < 1.29 is 13.2 Å². The van der Waals surface area contributed by atoms with Crippen LogP contribution in [0.25, 0.3) is 0 Å². The smallest absolute Gasteiger partial charge is 0.243 e. The van der Waals surface area contributed by atoms with E-state index in [4.69, 9.17) is 9.73 Å². The second kappa shape index (κ2) is 10.6. The van der Waals surface area contributed by atoms with E-state index >= 15 is 0 Å². The molecule has 170 valence electrons. The standard InChI is InChI=1S/C21H34N4O3S.HI/c1-5-22-20(25-12-10-21(15-25)11-13-28-16-21)23-14-18-6-8-19(9-7-18)29(26,27)24(4)17(2)3;/h6-9,17H,5,10-16H2,1-4H3,(H,22,23);1H. The summed E-state index contributed by atoms with van der Waals surface area (Å²) in [5, 5.41) is 3.40. The second-order valence-corrected chi connectivity index (χ2v) is 10.4. The van der Waals surface area contributed by atoms with Gasteiger partial charge in [-0.2, -0.15) is 4.31 Å². The van der Waals surface area contributed by atoms with Gasteiger partial charge in [0.15, 0.2) is 5.96 Å². The summed E-state index contributed by atoms with van der Waals surface area (Å²) in [7, 11) is -1.85. The number of likely N-dealkylation sites (tertiary alicyclic amines) is 1. The lowest BCUT2D eigenvalue weighted by Gasteiger charge is -2.25. The van der Waals surface area contributed by atoms with E-state index in [2.05, 4.69) is 17.1 Å². The largest absolute Gasteiger partial charge is 0.381 e. The summed E-state index contributed by atoms with van der Waals surface area (Å²) >= 11 is 0. The van der Waals surface area contributed by atoms with Crippen LogP contribution < -0.4 is 5.32 Å². The van der Waals surface area contributed by atoms with Gasteiger partial charge in [-0.3, -0.25) is 0 Å². The molecule has 2 heterocycles. The topological polar surface area (TPSA) is 74.2 Å². The molecule has 0 amide bonds. The van der Waals surface area contributed by atoms with E-state index in [-0.39, 0.29) is 35.4 Å². The molecular formula is C21H35IN4O3S. The average molecular weight is 551 g/mol. The van der Waals surface area contributed by atoms with Gasteiger partial charge in [0.1, 0.15) is 0 Å². The molecule has 7 nitrogen and oxygen atoms in total. The molecule has 1 unspecified atom stereocenters. The predicted molar refractivity (Wildman–Crippen MR) is 131 cm³/mol. The van der Waals surface area contributed by atoms with Crippen LogP contribution in [-0.4, -0.2) is 69.5 Å². The van der Waals surface area contributed by atoms with E-state index < -0.39 is 10.0 Å². The zero-order valence-electron chi connectivity index (χ0n) is 18.4. The Morgan fingerprint density at radius 2 is 2.00 bits per heavy atom. The predicted octanol–water partition coefficient (Wildman–Crippen LogP) is 2.91. The van der Waals surface area contributed by atoms with Crippen molar-refractivity contribution in [2.24, 2.45) is 10.4 Å². The lowest BCUT2D eigenvalue weighted by molar-refractivity contribution is 0.156. The highest BCUT2D eigenvalue weighted by Gasteiger charge is 2.42. The number of hydrogen-bond donors (Lipinski definition) is 1. The molecule has 2 saturated heterocycles. The first-order valence-corrected chi connectivity index (χ1v) is 11.9. The third-order valence-corrected chi connectivity index (χ3v) is 8.04. The van der Waals surface area contributed by atoms with E-state index in [9.17, 15) is 8.42 Å². The molecule has 3 rings (SSSR count). The van der Waals surface area contributed by atoms with E-state index in [1.807, 2.05) is 26.0 Å². The SMILES string of the molecule is CCNC(=NCc1ccc(S(=O)(=O)N(C)C(C)C)cc1)N1CCC2(CCOC2)C1.I. The maximum atomic E-state index is 12.6. The van der Waals surface area contributed by atoms with Gasteiger partial charge in [-0.1, -0.05) is 12.1 Å². The molecule has 1 N–H and O–H groups in total.